The lowest BCUT2D eigenvalue weighted by Crippen LogP contribution is -2.44. The van der Waals surface area contributed by atoms with Gasteiger partial charge in [-0.25, -0.2) is 4.79 Å². The molecule has 1 unspecified atom stereocenters. The van der Waals surface area contributed by atoms with Gasteiger partial charge in [-0.1, -0.05) is 30.3 Å². The Morgan fingerprint density at radius 1 is 1.20 bits per heavy atom. The maximum absolute atomic E-state index is 12.6. The first-order valence-corrected chi connectivity index (χ1v) is 8.37. The maximum Gasteiger partial charge on any atom is 0.317 e. The molecule has 0 saturated carbocycles. The molecule has 0 saturated heterocycles. The molecule has 0 spiro atoms. The number of carbonyl (C=O) groups is 1. The zero-order valence-corrected chi connectivity index (χ0v) is 15.1. The first-order chi connectivity index (χ1) is 12.1. The third kappa shape index (κ3) is 5.92. The number of hydrogen-bond acceptors (Lipinski definition) is 4. The smallest absolute Gasteiger partial charge is 0.317 e. The van der Waals surface area contributed by atoms with Gasteiger partial charge in [0, 0.05) is 20.2 Å². The van der Waals surface area contributed by atoms with Crippen LogP contribution < -0.4 is 5.32 Å². The van der Waals surface area contributed by atoms with Crippen molar-refractivity contribution in [2.45, 2.75) is 12.6 Å². The standard InChI is InChI=1S/C19H27N3O3/c1-21(2)18(16-8-5-4-6-9-16)14-20-19(23)22(11-13-24-3)15-17-10-7-12-25-17/h4-10,12,18H,11,13-15H2,1-3H3,(H,20,23). The molecule has 6 heteroatoms. The minimum Gasteiger partial charge on any atom is -0.467 e. The van der Waals surface area contributed by atoms with Crippen molar-refractivity contribution in [1.29, 1.82) is 0 Å². The number of nitrogens with zero attached hydrogens (tertiary/aromatic N) is 2. The van der Waals surface area contributed by atoms with Crippen molar-refractivity contribution in [2.24, 2.45) is 0 Å². The SMILES string of the molecule is COCCN(Cc1ccco1)C(=O)NCC(c1ccccc1)N(C)C. The molecule has 0 aliphatic carbocycles. The summed E-state index contributed by atoms with van der Waals surface area (Å²) in [6.45, 7) is 1.92. The lowest BCUT2D eigenvalue weighted by Gasteiger charge is -2.27. The Morgan fingerprint density at radius 3 is 2.56 bits per heavy atom. The van der Waals surface area contributed by atoms with Gasteiger partial charge in [-0.3, -0.25) is 0 Å². The molecular formula is C19H27N3O3. The second kappa shape index (κ2) is 9.86. The molecule has 0 radical (unpaired) electrons. The number of likely N-dealkylation sites (N-methyl/N-ethyl adjacent to an activating group) is 1. The van der Waals surface area contributed by atoms with Crippen molar-refractivity contribution in [2.75, 3.05) is 40.9 Å². The van der Waals surface area contributed by atoms with Gasteiger partial charge in [0.1, 0.15) is 5.76 Å². The number of amides is 2. The molecule has 6 nitrogen and oxygen atoms in total. The Morgan fingerprint density at radius 2 is 1.96 bits per heavy atom. The Bertz CT molecular complexity index is 614. The largest absolute Gasteiger partial charge is 0.467 e. The second-order valence-corrected chi connectivity index (χ2v) is 6.07. The summed E-state index contributed by atoms with van der Waals surface area (Å²) in [7, 11) is 5.64. The molecule has 136 valence electrons. The van der Waals surface area contributed by atoms with Crippen molar-refractivity contribution < 1.29 is 13.9 Å². The Hall–Kier alpha value is -2.31. The Balaban J connectivity index is 1.98. The van der Waals surface area contributed by atoms with Crippen LogP contribution in [0.4, 0.5) is 4.79 Å². The number of benzene rings is 1. The first-order valence-electron chi connectivity index (χ1n) is 8.37. The molecule has 0 bridgehead atoms. The average molecular weight is 345 g/mol. The molecule has 1 N–H and O–H groups in total. The summed E-state index contributed by atoms with van der Waals surface area (Å²) in [6, 6.07) is 13.8. The van der Waals surface area contributed by atoms with Crippen LogP contribution in [0.1, 0.15) is 17.4 Å². The van der Waals surface area contributed by atoms with E-state index >= 15 is 0 Å². The fraction of sp³-hybridized carbons (Fsp3) is 0.421. The van der Waals surface area contributed by atoms with Crippen molar-refractivity contribution in [1.82, 2.24) is 15.1 Å². The highest BCUT2D eigenvalue weighted by molar-refractivity contribution is 5.74. The highest BCUT2D eigenvalue weighted by atomic mass is 16.5. The Labute approximate surface area is 149 Å². The van der Waals surface area contributed by atoms with E-state index in [0.717, 1.165) is 5.76 Å². The third-order valence-corrected chi connectivity index (χ3v) is 4.03. The van der Waals surface area contributed by atoms with Crippen LogP contribution in [0.25, 0.3) is 0 Å². The van der Waals surface area contributed by atoms with Crippen LogP contribution in [0.3, 0.4) is 0 Å². The van der Waals surface area contributed by atoms with Gasteiger partial charge in [0.15, 0.2) is 0 Å². The van der Waals surface area contributed by atoms with Crippen LogP contribution in [-0.4, -0.2) is 56.7 Å². The van der Waals surface area contributed by atoms with Gasteiger partial charge in [0.25, 0.3) is 0 Å². The van der Waals surface area contributed by atoms with Crippen molar-refractivity contribution in [3.05, 3.63) is 60.1 Å². The average Bonchev–Trinajstić information content (AvgIpc) is 3.12. The van der Waals surface area contributed by atoms with E-state index in [2.05, 4.69) is 22.3 Å². The molecule has 0 aliphatic rings. The lowest BCUT2D eigenvalue weighted by atomic mass is 10.1. The molecule has 2 rings (SSSR count). The van der Waals surface area contributed by atoms with Gasteiger partial charge < -0.3 is 24.3 Å². The minimum atomic E-state index is -0.128. The van der Waals surface area contributed by atoms with E-state index in [0.29, 0.717) is 26.2 Å². The fourth-order valence-electron chi connectivity index (χ4n) is 2.61. The summed E-state index contributed by atoms with van der Waals surface area (Å²) in [5.74, 6) is 0.749. The van der Waals surface area contributed by atoms with E-state index in [1.54, 1.807) is 18.3 Å². The highest BCUT2D eigenvalue weighted by Crippen LogP contribution is 2.17. The zero-order valence-electron chi connectivity index (χ0n) is 15.1. The number of furan rings is 1. The van der Waals surface area contributed by atoms with Gasteiger partial charge in [-0.2, -0.15) is 0 Å². The van der Waals surface area contributed by atoms with E-state index in [9.17, 15) is 4.79 Å². The normalized spacial score (nSPS) is 12.2. The number of carbonyl (C=O) groups excluding carboxylic acids is 1. The van der Waals surface area contributed by atoms with E-state index in [1.807, 2.05) is 44.4 Å². The van der Waals surface area contributed by atoms with Crippen molar-refractivity contribution in [3.8, 4) is 0 Å². The van der Waals surface area contributed by atoms with Gasteiger partial charge >= 0.3 is 6.03 Å². The minimum absolute atomic E-state index is 0.109. The number of rotatable bonds is 9. The second-order valence-electron chi connectivity index (χ2n) is 6.07. The maximum atomic E-state index is 12.6. The Kier molecular flexibility index (Phi) is 7.50. The van der Waals surface area contributed by atoms with E-state index in [4.69, 9.17) is 9.15 Å². The van der Waals surface area contributed by atoms with E-state index in [1.165, 1.54) is 5.56 Å². The third-order valence-electron chi connectivity index (χ3n) is 4.03. The number of ether oxygens (including phenoxy) is 1. The van der Waals surface area contributed by atoms with Crippen molar-refractivity contribution in [3.63, 3.8) is 0 Å². The van der Waals surface area contributed by atoms with Crippen LogP contribution in [-0.2, 0) is 11.3 Å². The summed E-state index contributed by atoms with van der Waals surface area (Å²) in [6.07, 6.45) is 1.61. The molecule has 1 atom stereocenters. The van der Waals surface area contributed by atoms with Crippen LogP contribution in [0.5, 0.6) is 0 Å². The fourth-order valence-corrected chi connectivity index (χ4v) is 2.61. The van der Waals surface area contributed by atoms with Crippen LogP contribution in [0.15, 0.2) is 53.1 Å². The molecule has 2 amide bonds. The van der Waals surface area contributed by atoms with Crippen LogP contribution >= 0.6 is 0 Å². The first kappa shape index (κ1) is 19.0. The number of methoxy groups -OCH3 is 1. The van der Waals surface area contributed by atoms with Crippen LogP contribution in [0, 0.1) is 0 Å². The van der Waals surface area contributed by atoms with Gasteiger partial charge in [-0.05, 0) is 31.8 Å². The highest BCUT2D eigenvalue weighted by Gasteiger charge is 2.19. The quantitative estimate of drug-likeness (QED) is 0.759. The molecule has 1 aromatic carbocycles. The van der Waals surface area contributed by atoms with Gasteiger partial charge in [0.05, 0.1) is 25.5 Å². The molecule has 2 aromatic rings. The summed E-state index contributed by atoms with van der Waals surface area (Å²) in [5, 5.41) is 3.03. The molecule has 0 fully saturated rings. The van der Waals surface area contributed by atoms with Crippen LogP contribution in [0.2, 0.25) is 0 Å². The topological polar surface area (TPSA) is 58.0 Å². The van der Waals surface area contributed by atoms with Crippen molar-refractivity contribution >= 4 is 6.03 Å². The summed E-state index contributed by atoms with van der Waals surface area (Å²) in [4.78, 5) is 16.4. The number of nitrogens with one attached hydrogen (secondary N) is 1. The summed E-state index contributed by atoms with van der Waals surface area (Å²) >= 11 is 0. The van der Waals surface area contributed by atoms with Gasteiger partial charge in [0.2, 0.25) is 0 Å². The molecular weight excluding hydrogens is 318 g/mol. The summed E-state index contributed by atoms with van der Waals surface area (Å²) < 4.78 is 10.5. The van der Waals surface area contributed by atoms with E-state index < -0.39 is 0 Å². The molecule has 25 heavy (non-hydrogen) atoms. The summed E-state index contributed by atoms with van der Waals surface area (Å²) in [5.41, 5.74) is 1.17. The zero-order chi connectivity index (χ0) is 18.1. The molecule has 0 aliphatic heterocycles. The lowest BCUT2D eigenvalue weighted by molar-refractivity contribution is 0.141. The van der Waals surface area contributed by atoms with E-state index in [-0.39, 0.29) is 12.1 Å². The van der Waals surface area contributed by atoms with Gasteiger partial charge in [-0.15, -0.1) is 0 Å². The number of hydrogen-bond donors (Lipinski definition) is 1. The predicted molar refractivity (Wildman–Crippen MR) is 97.3 cm³/mol. The monoisotopic (exact) mass is 345 g/mol. The number of urea groups is 1. The molecule has 1 aromatic heterocycles. The predicted octanol–water partition coefficient (Wildman–Crippen LogP) is 2.74. The molecule has 1 heterocycles.